The van der Waals surface area contributed by atoms with Gasteiger partial charge >= 0.3 is 5.97 Å². The van der Waals surface area contributed by atoms with E-state index in [4.69, 9.17) is 4.74 Å². The molecule has 0 aliphatic heterocycles. The SMILES string of the molecule is C=CCOC(=O)c1ccc([SH](=O)=O)cc1. The molecule has 0 aliphatic carbocycles. The summed E-state index contributed by atoms with van der Waals surface area (Å²) in [7, 11) is -2.61. The zero-order valence-electron chi connectivity index (χ0n) is 7.88. The van der Waals surface area contributed by atoms with Gasteiger partial charge in [0.25, 0.3) is 0 Å². The first-order valence-corrected chi connectivity index (χ1v) is 5.35. The highest BCUT2D eigenvalue weighted by Gasteiger charge is 2.05. The number of hydrogen-bond acceptors (Lipinski definition) is 4. The van der Waals surface area contributed by atoms with Crippen molar-refractivity contribution >= 4 is 16.7 Å². The topological polar surface area (TPSA) is 60.4 Å². The van der Waals surface area contributed by atoms with Crippen molar-refractivity contribution in [1.82, 2.24) is 0 Å². The number of carbonyl (C=O) groups excluding carboxylic acids is 1. The number of hydrogen-bond donors (Lipinski definition) is 1. The molecule has 1 rings (SSSR count). The third kappa shape index (κ3) is 3.21. The Kier molecular flexibility index (Phi) is 4.05. The summed E-state index contributed by atoms with van der Waals surface area (Å²) in [6, 6.07) is 5.53. The Morgan fingerprint density at radius 3 is 2.40 bits per heavy atom. The lowest BCUT2D eigenvalue weighted by molar-refractivity contribution is 0.0549. The molecule has 0 unspecified atom stereocenters. The molecule has 0 saturated carbocycles. The minimum absolute atomic E-state index is 0.135. The quantitative estimate of drug-likeness (QED) is 0.472. The van der Waals surface area contributed by atoms with Gasteiger partial charge < -0.3 is 4.74 Å². The highest BCUT2D eigenvalue weighted by molar-refractivity contribution is 7.72. The second kappa shape index (κ2) is 5.31. The van der Waals surface area contributed by atoms with E-state index in [-0.39, 0.29) is 11.5 Å². The van der Waals surface area contributed by atoms with Crippen LogP contribution in [0.25, 0.3) is 0 Å². The monoisotopic (exact) mass is 226 g/mol. The van der Waals surface area contributed by atoms with Crippen LogP contribution in [0.15, 0.2) is 41.8 Å². The Balaban J connectivity index is 2.79. The molecule has 0 aliphatic rings. The van der Waals surface area contributed by atoms with Crippen molar-refractivity contribution in [3.05, 3.63) is 42.5 Å². The predicted molar refractivity (Wildman–Crippen MR) is 55.5 cm³/mol. The molecule has 0 aromatic heterocycles. The molecule has 0 bridgehead atoms. The molecule has 80 valence electrons. The van der Waals surface area contributed by atoms with Crippen molar-refractivity contribution in [2.24, 2.45) is 0 Å². The van der Waals surface area contributed by atoms with Gasteiger partial charge in [0, 0.05) is 0 Å². The van der Waals surface area contributed by atoms with Crippen molar-refractivity contribution in [1.29, 1.82) is 0 Å². The first-order valence-electron chi connectivity index (χ1n) is 4.17. The highest BCUT2D eigenvalue weighted by atomic mass is 32.2. The maximum absolute atomic E-state index is 11.3. The van der Waals surface area contributed by atoms with Crippen molar-refractivity contribution in [3.63, 3.8) is 0 Å². The average molecular weight is 226 g/mol. The first-order chi connectivity index (χ1) is 7.15. The molecule has 15 heavy (non-hydrogen) atoms. The maximum atomic E-state index is 11.3. The van der Waals surface area contributed by atoms with Gasteiger partial charge in [-0.3, -0.25) is 0 Å². The van der Waals surface area contributed by atoms with Crippen molar-refractivity contribution in [3.8, 4) is 0 Å². The van der Waals surface area contributed by atoms with Gasteiger partial charge in [0.15, 0.2) is 10.7 Å². The molecule has 0 N–H and O–H groups in total. The number of rotatable bonds is 4. The first kappa shape index (κ1) is 11.5. The molecule has 1 aromatic carbocycles. The minimum atomic E-state index is -2.61. The normalized spacial score (nSPS) is 9.93. The zero-order valence-corrected chi connectivity index (χ0v) is 8.78. The Morgan fingerprint density at radius 2 is 1.93 bits per heavy atom. The summed E-state index contributed by atoms with van der Waals surface area (Å²) in [4.78, 5) is 11.4. The predicted octanol–water partition coefficient (Wildman–Crippen LogP) is 1.000. The molecule has 0 amide bonds. The van der Waals surface area contributed by atoms with Crippen LogP contribution in [-0.2, 0) is 15.4 Å². The molecule has 0 radical (unpaired) electrons. The lowest BCUT2D eigenvalue weighted by Gasteiger charge is -2.01. The van der Waals surface area contributed by atoms with Crippen LogP contribution in [0.1, 0.15) is 10.4 Å². The highest BCUT2D eigenvalue weighted by Crippen LogP contribution is 2.06. The van der Waals surface area contributed by atoms with E-state index in [9.17, 15) is 13.2 Å². The van der Waals surface area contributed by atoms with Crippen LogP contribution < -0.4 is 0 Å². The summed E-state index contributed by atoms with van der Waals surface area (Å²) in [5.74, 6) is -0.498. The van der Waals surface area contributed by atoms with E-state index < -0.39 is 16.7 Å². The van der Waals surface area contributed by atoms with Gasteiger partial charge in [0.2, 0.25) is 0 Å². The third-order valence-corrected chi connectivity index (χ3v) is 2.37. The number of carbonyl (C=O) groups is 1. The van der Waals surface area contributed by atoms with Crippen LogP contribution in [0.3, 0.4) is 0 Å². The largest absolute Gasteiger partial charge is 0.458 e. The van der Waals surface area contributed by atoms with Gasteiger partial charge in [0.1, 0.15) is 6.61 Å². The molecule has 0 atom stereocenters. The molecule has 0 saturated heterocycles. The third-order valence-electron chi connectivity index (χ3n) is 1.65. The molecular weight excluding hydrogens is 216 g/mol. The average Bonchev–Trinajstić information content (AvgIpc) is 2.26. The summed E-state index contributed by atoms with van der Waals surface area (Å²) >= 11 is 0. The van der Waals surface area contributed by atoms with Crippen LogP contribution in [-0.4, -0.2) is 21.0 Å². The van der Waals surface area contributed by atoms with E-state index >= 15 is 0 Å². The van der Waals surface area contributed by atoms with Crippen LogP contribution in [0.2, 0.25) is 0 Å². The van der Waals surface area contributed by atoms with Gasteiger partial charge in [-0.2, -0.15) is 0 Å². The lowest BCUT2D eigenvalue weighted by Crippen LogP contribution is -2.04. The van der Waals surface area contributed by atoms with E-state index in [1.807, 2.05) is 0 Å². The summed E-state index contributed by atoms with van der Waals surface area (Å²) < 4.78 is 25.9. The fraction of sp³-hybridized carbons (Fsp3) is 0.100. The summed E-state index contributed by atoms with van der Waals surface area (Å²) in [6.45, 7) is 3.54. The standard InChI is InChI=1S/C10H10O4S/c1-2-7-14-10(11)8-3-5-9(6-4-8)15(12)13/h2-6,15H,1,7H2. The number of thiol groups is 1. The van der Waals surface area contributed by atoms with E-state index in [1.165, 1.54) is 30.3 Å². The molecule has 4 nitrogen and oxygen atoms in total. The number of esters is 1. The Hall–Kier alpha value is -1.62. The van der Waals surface area contributed by atoms with Gasteiger partial charge in [-0.1, -0.05) is 12.7 Å². The van der Waals surface area contributed by atoms with Gasteiger partial charge in [-0.15, -0.1) is 0 Å². The summed E-state index contributed by atoms with van der Waals surface area (Å²) in [5, 5.41) is 0. The number of ether oxygens (including phenoxy) is 1. The minimum Gasteiger partial charge on any atom is -0.458 e. The van der Waals surface area contributed by atoms with Crippen LogP contribution in [0.4, 0.5) is 0 Å². The van der Waals surface area contributed by atoms with Crippen LogP contribution in [0, 0.1) is 0 Å². The summed E-state index contributed by atoms with van der Waals surface area (Å²) in [5.41, 5.74) is 0.317. The van der Waals surface area contributed by atoms with Crippen molar-refractivity contribution in [2.75, 3.05) is 6.61 Å². The molecular formula is C10H10O4S. The van der Waals surface area contributed by atoms with E-state index in [2.05, 4.69) is 6.58 Å². The number of benzene rings is 1. The maximum Gasteiger partial charge on any atom is 0.338 e. The smallest absolute Gasteiger partial charge is 0.338 e. The Bertz CT molecular complexity index is 423. The van der Waals surface area contributed by atoms with Gasteiger partial charge in [-0.05, 0) is 24.3 Å². The van der Waals surface area contributed by atoms with Gasteiger partial charge in [0.05, 0.1) is 10.5 Å². The lowest BCUT2D eigenvalue weighted by atomic mass is 10.2. The molecule has 0 fully saturated rings. The second-order valence-corrected chi connectivity index (χ2v) is 3.72. The van der Waals surface area contributed by atoms with Crippen LogP contribution >= 0.6 is 0 Å². The molecule has 0 spiro atoms. The second-order valence-electron chi connectivity index (χ2n) is 2.69. The van der Waals surface area contributed by atoms with Gasteiger partial charge in [-0.25, -0.2) is 13.2 Å². The molecule has 5 heteroatoms. The fourth-order valence-electron chi connectivity index (χ4n) is 0.937. The van der Waals surface area contributed by atoms with Crippen molar-refractivity contribution < 1.29 is 17.9 Å². The van der Waals surface area contributed by atoms with E-state index in [0.717, 1.165) is 0 Å². The van der Waals surface area contributed by atoms with Crippen molar-refractivity contribution in [2.45, 2.75) is 4.90 Å². The fourth-order valence-corrected chi connectivity index (χ4v) is 1.33. The Morgan fingerprint density at radius 1 is 1.33 bits per heavy atom. The van der Waals surface area contributed by atoms with Crippen LogP contribution in [0.5, 0.6) is 0 Å². The molecule has 1 aromatic rings. The zero-order chi connectivity index (χ0) is 11.3. The van der Waals surface area contributed by atoms with E-state index in [0.29, 0.717) is 5.56 Å². The Labute approximate surface area is 89.1 Å². The summed E-state index contributed by atoms with van der Waals surface area (Å²) in [6.07, 6.45) is 1.46. The molecule has 0 heterocycles. The van der Waals surface area contributed by atoms with E-state index in [1.54, 1.807) is 0 Å².